The van der Waals surface area contributed by atoms with Gasteiger partial charge in [0.25, 0.3) is 0 Å². The fraction of sp³-hybridized carbons (Fsp3) is 0.941. The van der Waals surface area contributed by atoms with Crippen molar-refractivity contribution in [3.8, 4) is 0 Å². The second-order valence-electron chi connectivity index (χ2n) is 8.43. The van der Waals surface area contributed by atoms with Crippen molar-refractivity contribution in [2.75, 3.05) is 5.75 Å². The minimum Gasteiger partial charge on any atom is -0.273 e. The molecule has 0 aromatic carbocycles. The van der Waals surface area contributed by atoms with Gasteiger partial charge in [-0.2, -0.15) is 0 Å². The zero-order valence-corrected chi connectivity index (χ0v) is 15.2. The Morgan fingerprint density at radius 2 is 1.95 bits per heavy atom. The van der Waals surface area contributed by atoms with E-state index in [0.29, 0.717) is 5.92 Å². The van der Waals surface area contributed by atoms with Crippen LogP contribution in [0.3, 0.4) is 0 Å². The maximum Gasteiger partial charge on any atom is 0.239 e. The predicted octanol–water partition coefficient (Wildman–Crippen LogP) is 3.04. The van der Waals surface area contributed by atoms with Crippen molar-refractivity contribution in [2.45, 2.75) is 66.3 Å². The van der Waals surface area contributed by atoms with E-state index in [4.69, 9.17) is 0 Å². The summed E-state index contributed by atoms with van der Waals surface area (Å²) in [6, 6.07) is -0.0924. The minimum absolute atomic E-state index is 0.0272. The van der Waals surface area contributed by atoms with E-state index in [1.54, 1.807) is 0 Å². The number of nitrogens with zero attached hydrogens (tertiary/aromatic N) is 1. The van der Waals surface area contributed by atoms with Crippen molar-refractivity contribution in [2.24, 2.45) is 28.6 Å². The van der Waals surface area contributed by atoms with Crippen LogP contribution in [0.2, 0.25) is 0 Å². The lowest BCUT2D eigenvalue weighted by molar-refractivity contribution is -0.134. The molecule has 5 heteroatoms. The number of sulfonamides is 1. The summed E-state index contributed by atoms with van der Waals surface area (Å²) in [5, 5.41) is 0. The van der Waals surface area contributed by atoms with E-state index in [-0.39, 0.29) is 40.4 Å². The molecule has 2 aliphatic carbocycles. The highest BCUT2D eigenvalue weighted by Gasteiger charge is 2.72. The topological polar surface area (TPSA) is 54.5 Å². The van der Waals surface area contributed by atoms with Crippen LogP contribution in [0.5, 0.6) is 0 Å². The average molecular weight is 327 g/mol. The van der Waals surface area contributed by atoms with E-state index in [2.05, 4.69) is 20.8 Å². The van der Waals surface area contributed by atoms with Gasteiger partial charge in [-0.15, -0.1) is 0 Å². The van der Waals surface area contributed by atoms with E-state index in [9.17, 15) is 13.2 Å². The molecule has 5 atom stereocenters. The second kappa shape index (κ2) is 4.71. The standard InChI is InChI=1S/C17H29NO3S/c1-6-11(2)12(3)15(19)18-14-9-13-7-8-17(14,16(13,4)5)10-22(18,20)21/h11-14H,6-10H2,1-5H3. The Balaban J connectivity index is 1.99. The first-order chi connectivity index (χ1) is 10.1. The number of fused-ring (bicyclic) bond motifs is 1. The maximum atomic E-state index is 12.9. The first-order valence-corrected chi connectivity index (χ1v) is 10.3. The summed E-state index contributed by atoms with van der Waals surface area (Å²) < 4.78 is 26.9. The highest BCUT2D eigenvalue weighted by molar-refractivity contribution is 7.90. The molecular formula is C17H29NO3S. The minimum atomic E-state index is -3.46. The van der Waals surface area contributed by atoms with Crippen molar-refractivity contribution < 1.29 is 13.2 Å². The molecule has 1 spiro atoms. The van der Waals surface area contributed by atoms with Gasteiger partial charge in [-0.25, -0.2) is 12.7 Å². The van der Waals surface area contributed by atoms with Gasteiger partial charge in [0.2, 0.25) is 15.9 Å². The van der Waals surface area contributed by atoms with Gasteiger partial charge in [0.15, 0.2) is 0 Å². The Labute approximate surface area is 134 Å². The normalized spacial score (nSPS) is 40.5. The predicted molar refractivity (Wildman–Crippen MR) is 86.6 cm³/mol. The van der Waals surface area contributed by atoms with Gasteiger partial charge in [-0.1, -0.05) is 41.0 Å². The molecule has 1 saturated heterocycles. The summed E-state index contributed by atoms with van der Waals surface area (Å²) in [7, 11) is -3.46. The first kappa shape index (κ1) is 16.3. The average Bonchev–Trinajstić information content (AvgIpc) is 2.91. The molecule has 4 nitrogen and oxygen atoms in total. The maximum absolute atomic E-state index is 12.9. The Hall–Kier alpha value is -0.580. The lowest BCUT2D eigenvalue weighted by Crippen LogP contribution is -2.46. The number of carbonyl (C=O) groups excluding carboxylic acids is 1. The lowest BCUT2D eigenvalue weighted by atomic mass is 9.69. The van der Waals surface area contributed by atoms with Gasteiger partial charge in [0.1, 0.15) is 0 Å². The fourth-order valence-electron chi connectivity index (χ4n) is 5.38. The van der Waals surface area contributed by atoms with E-state index >= 15 is 0 Å². The number of hydrogen-bond donors (Lipinski definition) is 0. The molecule has 3 rings (SSSR count). The molecule has 5 unspecified atom stereocenters. The van der Waals surface area contributed by atoms with Crippen LogP contribution in [0.1, 0.15) is 60.3 Å². The van der Waals surface area contributed by atoms with Crippen LogP contribution in [0.4, 0.5) is 0 Å². The number of carbonyl (C=O) groups is 1. The van der Waals surface area contributed by atoms with E-state index in [1.807, 2.05) is 13.8 Å². The summed E-state index contributed by atoms with van der Waals surface area (Å²) >= 11 is 0. The largest absolute Gasteiger partial charge is 0.273 e. The Bertz CT molecular complexity index is 597. The molecule has 0 aromatic rings. The van der Waals surface area contributed by atoms with Crippen LogP contribution in [0.15, 0.2) is 0 Å². The van der Waals surface area contributed by atoms with Crippen molar-refractivity contribution in [1.29, 1.82) is 0 Å². The monoisotopic (exact) mass is 327 g/mol. The molecule has 1 heterocycles. The van der Waals surface area contributed by atoms with Crippen LogP contribution < -0.4 is 0 Å². The first-order valence-electron chi connectivity index (χ1n) is 8.64. The third kappa shape index (κ3) is 1.80. The Kier molecular flexibility index (Phi) is 3.49. The van der Waals surface area contributed by atoms with Gasteiger partial charge in [0.05, 0.1) is 11.8 Å². The molecule has 22 heavy (non-hydrogen) atoms. The number of amides is 1. The summed E-state index contributed by atoms with van der Waals surface area (Å²) in [4.78, 5) is 12.9. The van der Waals surface area contributed by atoms with Crippen LogP contribution in [0.25, 0.3) is 0 Å². The molecule has 1 amide bonds. The van der Waals surface area contributed by atoms with Crippen LogP contribution in [-0.2, 0) is 14.8 Å². The van der Waals surface area contributed by atoms with Gasteiger partial charge in [0, 0.05) is 11.3 Å². The molecule has 0 aromatic heterocycles. The molecule has 1 aliphatic heterocycles. The molecule has 2 saturated carbocycles. The second-order valence-corrected chi connectivity index (χ2v) is 10.3. The van der Waals surface area contributed by atoms with Gasteiger partial charge < -0.3 is 0 Å². The lowest BCUT2D eigenvalue weighted by Gasteiger charge is -2.37. The smallest absolute Gasteiger partial charge is 0.239 e. The molecule has 0 N–H and O–H groups in total. The Morgan fingerprint density at radius 1 is 1.32 bits per heavy atom. The summed E-state index contributed by atoms with van der Waals surface area (Å²) in [5.74, 6) is 0.553. The molecule has 3 fully saturated rings. The highest BCUT2D eigenvalue weighted by atomic mass is 32.2. The van der Waals surface area contributed by atoms with Gasteiger partial charge in [-0.3, -0.25) is 4.79 Å². The fourth-order valence-corrected chi connectivity index (χ4v) is 7.99. The van der Waals surface area contributed by atoms with Crippen LogP contribution in [-0.4, -0.2) is 30.4 Å². The molecule has 2 bridgehead atoms. The third-order valence-electron chi connectivity index (χ3n) is 7.52. The van der Waals surface area contributed by atoms with Crippen LogP contribution >= 0.6 is 0 Å². The van der Waals surface area contributed by atoms with Crippen molar-refractivity contribution in [3.05, 3.63) is 0 Å². The Morgan fingerprint density at radius 3 is 2.50 bits per heavy atom. The van der Waals surface area contributed by atoms with Crippen LogP contribution in [0, 0.1) is 28.6 Å². The number of rotatable bonds is 3. The van der Waals surface area contributed by atoms with E-state index in [1.165, 1.54) is 4.31 Å². The van der Waals surface area contributed by atoms with Crippen molar-refractivity contribution in [3.63, 3.8) is 0 Å². The van der Waals surface area contributed by atoms with E-state index in [0.717, 1.165) is 25.7 Å². The number of hydrogen-bond acceptors (Lipinski definition) is 3. The summed E-state index contributed by atoms with van der Waals surface area (Å²) in [5.41, 5.74) is -0.180. The zero-order chi connectivity index (χ0) is 16.5. The third-order valence-corrected chi connectivity index (χ3v) is 9.43. The SMILES string of the molecule is CCC(C)C(C)C(=O)N1C2CC3CCC2(CS1(=O)=O)C3(C)C. The molecule has 0 radical (unpaired) electrons. The highest BCUT2D eigenvalue weighted by Crippen LogP contribution is 2.70. The zero-order valence-electron chi connectivity index (χ0n) is 14.4. The quantitative estimate of drug-likeness (QED) is 0.800. The molecule has 126 valence electrons. The summed E-state index contributed by atoms with van der Waals surface area (Å²) in [6.07, 6.45) is 3.83. The van der Waals surface area contributed by atoms with E-state index < -0.39 is 10.0 Å². The van der Waals surface area contributed by atoms with Crippen molar-refractivity contribution >= 4 is 15.9 Å². The van der Waals surface area contributed by atoms with Gasteiger partial charge >= 0.3 is 0 Å². The molecule has 3 aliphatic rings. The van der Waals surface area contributed by atoms with Crippen molar-refractivity contribution in [1.82, 2.24) is 4.31 Å². The molecular weight excluding hydrogens is 298 g/mol. The summed E-state index contributed by atoms with van der Waals surface area (Å²) in [6.45, 7) is 10.4. The van der Waals surface area contributed by atoms with Gasteiger partial charge in [-0.05, 0) is 36.5 Å².